The van der Waals surface area contributed by atoms with Gasteiger partial charge in [-0.05, 0) is 25.0 Å². The topological polar surface area (TPSA) is 85.6 Å². The maximum Gasteiger partial charge on any atom is 0.243 e. The van der Waals surface area contributed by atoms with E-state index in [-0.39, 0.29) is 10.4 Å². The first-order valence-electron chi connectivity index (χ1n) is 9.25. The summed E-state index contributed by atoms with van der Waals surface area (Å²) in [5.41, 5.74) is 1.06. The van der Waals surface area contributed by atoms with Crippen molar-refractivity contribution in [2.75, 3.05) is 32.8 Å². The van der Waals surface area contributed by atoms with Crippen molar-refractivity contribution in [3.63, 3.8) is 0 Å². The second kappa shape index (κ2) is 7.47. The van der Waals surface area contributed by atoms with Gasteiger partial charge in [0.2, 0.25) is 10.0 Å². The molecule has 2 fully saturated rings. The van der Waals surface area contributed by atoms with Gasteiger partial charge in [-0.1, -0.05) is 12.5 Å². The number of nitrogens with one attached hydrogen (secondary N) is 2. The van der Waals surface area contributed by atoms with E-state index in [4.69, 9.17) is 4.74 Å². The van der Waals surface area contributed by atoms with Crippen molar-refractivity contribution in [1.82, 2.24) is 13.5 Å². The van der Waals surface area contributed by atoms with Gasteiger partial charge in [0.05, 0.1) is 31.5 Å². The van der Waals surface area contributed by atoms with Crippen LogP contribution < -0.4 is 9.62 Å². The van der Waals surface area contributed by atoms with E-state index in [2.05, 4.69) is 13.5 Å². The van der Waals surface area contributed by atoms with Crippen LogP contribution >= 0.6 is 11.7 Å². The van der Waals surface area contributed by atoms with Crippen LogP contribution in [0.2, 0.25) is 0 Å². The number of ether oxygens (including phenoxy) is 1. The molecule has 1 saturated heterocycles. The van der Waals surface area contributed by atoms with Crippen LogP contribution in [-0.4, -0.2) is 55.6 Å². The fourth-order valence-electron chi connectivity index (χ4n) is 4.34. The van der Waals surface area contributed by atoms with Gasteiger partial charge in [-0.25, -0.2) is 13.1 Å². The molecule has 2 aromatic rings. The minimum Gasteiger partial charge on any atom is -0.370 e. The first-order valence-corrected chi connectivity index (χ1v) is 11.5. The highest BCUT2D eigenvalue weighted by Gasteiger charge is 2.43. The van der Waals surface area contributed by atoms with Crippen molar-refractivity contribution < 1.29 is 18.1 Å². The molecule has 142 valence electrons. The maximum absolute atomic E-state index is 13.0. The normalized spacial score (nSPS) is 21.8. The van der Waals surface area contributed by atoms with Crippen LogP contribution in [0, 0.1) is 0 Å². The molecule has 1 saturated carbocycles. The van der Waals surface area contributed by atoms with Crippen LogP contribution in [-0.2, 0) is 14.8 Å². The number of sulfonamides is 1. The van der Waals surface area contributed by atoms with Gasteiger partial charge in [0.25, 0.3) is 0 Å². The summed E-state index contributed by atoms with van der Waals surface area (Å²) in [5, 5.41) is 0. The third-order valence-electron chi connectivity index (χ3n) is 5.80. The number of nitrogens with zero attached hydrogens (tertiary/aromatic N) is 2. The lowest BCUT2D eigenvalue weighted by atomic mass is 9.80. The molecular weight excluding hydrogens is 372 g/mol. The molecule has 0 atom stereocenters. The lowest BCUT2D eigenvalue weighted by Crippen LogP contribution is -3.23. The van der Waals surface area contributed by atoms with Crippen molar-refractivity contribution in [3.8, 4) is 0 Å². The number of fused-ring (bicyclic) bond motifs is 1. The summed E-state index contributed by atoms with van der Waals surface area (Å²) >= 11 is 1.04. The second-order valence-corrected chi connectivity index (χ2v) is 9.53. The Morgan fingerprint density at radius 2 is 1.92 bits per heavy atom. The molecular formula is C17H25N4O3S2+. The summed E-state index contributed by atoms with van der Waals surface area (Å²) in [7, 11) is -3.62. The van der Waals surface area contributed by atoms with Crippen LogP contribution in [0.4, 0.5) is 0 Å². The molecule has 4 rings (SSSR count). The van der Waals surface area contributed by atoms with Crippen LogP contribution in [0.25, 0.3) is 11.0 Å². The smallest absolute Gasteiger partial charge is 0.243 e. The van der Waals surface area contributed by atoms with Gasteiger partial charge in [0.15, 0.2) is 0 Å². The summed E-state index contributed by atoms with van der Waals surface area (Å²) in [6.07, 6.45) is 5.69. The zero-order valence-corrected chi connectivity index (χ0v) is 16.4. The summed E-state index contributed by atoms with van der Waals surface area (Å²) in [5.74, 6) is 0. The molecule has 2 heterocycles. The zero-order valence-electron chi connectivity index (χ0n) is 14.7. The van der Waals surface area contributed by atoms with Gasteiger partial charge in [-0.15, -0.1) is 0 Å². The minimum absolute atomic E-state index is 0.0245. The lowest BCUT2D eigenvalue weighted by Gasteiger charge is -2.44. The van der Waals surface area contributed by atoms with Crippen molar-refractivity contribution in [2.45, 2.75) is 42.5 Å². The minimum atomic E-state index is -3.62. The number of quaternary nitrogens is 1. The van der Waals surface area contributed by atoms with E-state index in [1.807, 2.05) is 0 Å². The van der Waals surface area contributed by atoms with E-state index in [0.717, 1.165) is 63.7 Å². The molecule has 2 aliphatic rings. The molecule has 0 amide bonds. The summed E-state index contributed by atoms with van der Waals surface area (Å²) < 4.78 is 42.8. The fourth-order valence-corrected chi connectivity index (χ4v) is 6.23. The van der Waals surface area contributed by atoms with Crippen LogP contribution in [0.15, 0.2) is 23.1 Å². The van der Waals surface area contributed by atoms with E-state index in [9.17, 15) is 8.42 Å². The van der Waals surface area contributed by atoms with Crippen molar-refractivity contribution in [3.05, 3.63) is 18.2 Å². The number of hydrogen-bond donors (Lipinski definition) is 2. The quantitative estimate of drug-likeness (QED) is 0.771. The molecule has 26 heavy (non-hydrogen) atoms. The standard InChI is InChI=1S/C17H24N4O3S2/c22-26(23,15-6-4-5-14-16(15)20-25-19-14)18-13-17(7-2-1-3-8-17)21-9-11-24-12-10-21/h4-6,18H,1-3,7-13H2/p+1. The Hall–Kier alpha value is -1.13. The van der Waals surface area contributed by atoms with Gasteiger partial charge >= 0.3 is 0 Å². The first kappa shape index (κ1) is 18.2. The van der Waals surface area contributed by atoms with E-state index in [1.54, 1.807) is 18.2 Å². The van der Waals surface area contributed by atoms with E-state index in [0.29, 0.717) is 17.6 Å². The van der Waals surface area contributed by atoms with Gasteiger partial charge < -0.3 is 9.64 Å². The fraction of sp³-hybridized carbons (Fsp3) is 0.647. The molecule has 1 aliphatic carbocycles. The summed E-state index contributed by atoms with van der Waals surface area (Å²) in [6.45, 7) is 3.89. The number of benzene rings is 1. The largest absolute Gasteiger partial charge is 0.370 e. The lowest BCUT2D eigenvalue weighted by molar-refractivity contribution is -0.960. The molecule has 1 aromatic heterocycles. The SMILES string of the molecule is O=S(=O)(NCC1([NH+]2CCOCC2)CCCCC1)c1cccc2nsnc12. The Morgan fingerprint density at radius 1 is 1.15 bits per heavy atom. The number of morpholine rings is 1. The molecule has 0 radical (unpaired) electrons. The second-order valence-electron chi connectivity index (χ2n) is 7.27. The third kappa shape index (κ3) is 3.50. The molecule has 1 aromatic carbocycles. The first-order chi connectivity index (χ1) is 12.6. The number of hydrogen-bond acceptors (Lipinski definition) is 6. The Balaban J connectivity index is 1.57. The number of rotatable bonds is 5. The monoisotopic (exact) mass is 397 g/mol. The molecule has 1 aliphatic heterocycles. The maximum atomic E-state index is 13.0. The van der Waals surface area contributed by atoms with Gasteiger partial charge in [0.1, 0.15) is 34.6 Å². The van der Waals surface area contributed by atoms with Gasteiger partial charge in [-0.3, -0.25) is 0 Å². The third-order valence-corrected chi connectivity index (χ3v) is 7.77. The van der Waals surface area contributed by atoms with E-state index < -0.39 is 10.0 Å². The van der Waals surface area contributed by atoms with Gasteiger partial charge in [0, 0.05) is 12.8 Å². The van der Waals surface area contributed by atoms with E-state index >= 15 is 0 Å². The highest BCUT2D eigenvalue weighted by atomic mass is 32.2. The van der Waals surface area contributed by atoms with Crippen molar-refractivity contribution in [1.29, 1.82) is 0 Å². The Bertz CT molecular complexity index is 856. The molecule has 0 bridgehead atoms. The average molecular weight is 398 g/mol. The molecule has 0 spiro atoms. The molecule has 0 unspecified atom stereocenters. The van der Waals surface area contributed by atoms with Crippen molar-refractivity contribution >= 4 is 32.8 Å². The van der Waals surface area contributed by atoms with Crippen LogP contribution in [0.1, 0.15) is 32.1 Å². The van der Waals surface area contributed by atoms with Crippen LogP contribution in [0.3, 0.4) is 0 Å². The van der Waals surface area contributed by atoms with Crippen molar-refractivity contribution in [2.24, 2.45) is 0 Å². The summed E-state index contributed by atoms with van der Waals surface area (Å²) in [6, 6.07) is 5.13. The zero-order chi connectivity index (χ0) is 18.0. The Labute approximate surface area is 158 Å². The predicted molar refractivity (Wildman–Crippen MR) is 99.9 cm³/mol. The highest BCUT2D eigenvalue weighted by Crippen LogP contribution is 2.27. The summed E-state index contributed by atoms with van der Waals surface area (Å²) in [4.78, 5) is 1.71. The van der Waals surface area contributed by atoms with E-state index in [1.165, 1.54) is 11.3 Å². The molecule has 7 nitrogen and oxygen atoms in total. The number of aromatic nitrogens is 2. The average Bonchev–Trinajstić information content (AvgIpc) is 3.17. The Kier molecular flexibility index (Phi) is 5.24. The molecule has 2 N–H and O–H groups in total. The van der Waals surface area contributed by atoms with Gasteiger partial charge in [-0.2, -0.15) is 8.75 Å². The van der Waals surface area contributed by atoms with Crippen LogP contribution in [0.5, 0.6) is 0 Å². The Morgan fingerprint density at radius 3 is 2.69 bits per heavy atom. The molecule has 9 heteroatoms. The highest BCUT2D eigenvalue weighted by molar-refractivity contribution is 7.89. The predicted octanol–water partition coefficient (Wildman–Crippen LogP) is 0.588.